The predicted octanol–water partition coefficient (Wildman–Crippen LogP) is 2.38. The molecule has 0 aromatic carbocycles. The number of hydrogen-bond acceptors (Lipinski definition) is 4. The van der Waals surface area contributed by atoms with E-state index in [1.165, 1.54) is 11.3 Å². The predicted molar refractivity (Wildman–Crippen MR) is 74.9 cm³/mol. The minimum atomic E-state index is -1.00. The maximum absolute atomic E-state index is 11.7. The second kappa shape index (κ2) is 5.65. The Morgan fingerprint density at radius 3 is 2.67 bits per heavy atom. The highest BCUT2D eigenvalue weighted by Gasteiger charge is 2.24. The van der Waals surface area contributed by atoms with Crippen molar-refractivity contribution in [1.29, 1.82) is 0 Å². The smallest absolute Gasteiger partial charge is 0.225 e. The molecule has 0 aliphatic rings. The number of nitrogens with one attached hydrogen (secondary N) is 1. The molecule has 5 heteroatoms. The van der Waals surface area contributed by atoms with Crippen LogP contribution in [0.5, 0.6) is 0 Å². The van der Waals surface area contributed by atoms with E-state index in [9.17, 15) is 9.90 Å². The third kappa shape index (κ3) is 3.41. The number of carbonyl (C=O) groups is 1. The molecule has 0 fully saturated rings. The Morgan fingerprint density at radius 2 is 2.06 bits per heavy atom. The largest absolute Gasteiger partial charge is 0.383 e. The van der Waals surface area contributed by atoms with Crippen LogP contribution in [0.3, 0.4) is 0 Å². The molecule has 2 rings (SSSR count). The Kier molecular flexibility index (Phi) is 4.16. The van der Waals surface area contributed by atoms with E-state index in [0.717, 1.165) is 9.75 Å². The fourth-order valence-electron chi connectivity index (χ4n) is 1.58. The molecule has 0 radical (unpaired) electrons. The van der Waals surface area contributed by atoms with Gasteiger partial charge in [0, 0.05) is 9.75 Å². The summed E-state index contributed by atoms with van der Waals surface area (Å²) in [6.45, 7) is 1.95. The van der Waals surface area contributed by atoms with Crippen molar-refractivity contribution >= 4 is 28.6 Å². The van der Waals surface area contributed by atoms with Crippen LogP contribution in [-0.2, 0) is 16.8 Å². The van der Waals surface area contributed by atoms with Crippen molar-refractivity contribution in [2.24, 2.45) is 0 Å². The molecule has 1 unspecified atom stereocenters. The summed E-state index contributed by atoms with van der Waals surface area (Å²) in [6.07, 6.45) is 0.373. The minimum Gasteiger partial charge on any atom is -0.383 e. The summed E-state index contributed by atoms with van der Waals surface area (Å²) in [6, 6.07) is 7.62. The maximum atomic E-state index is 11.7. The number of carbonyl (C=O) groups excluding carboxylic acids is 1. The van der Waals surface area contributed by atoms with Gasteiger partial charge in [-0.2, -0.15) is 0 Å². The summed E-state index contributed by atoms with van der Waals surface area (Å²) >= 11 is 3.05. The van der Waals surface area contributed by atoms with Crippen LogP contribution in [0.25, 0.3) is 0 Å². The van der Waals surface area contributed by atoms with E-state index in [-0.39, 0.29) is 12.5 Å². The van der Waals surface area contributed by atoms with Crippen molar-refractivity contribution in [3.63, 3.8) is 0 Å². The molecule has 2 aromatic heterocycles. The molecule has 2 heterocycles. The van der Waals surface area contributed by atoms with Gasteiger partial charge in [0.2, 0.25) is 5.91 Å². The van der Waals surface area contributed by atoms with Gasteiger partial charge in [0.15, 0.2) is 0 Å². The van der Waals surface area contributed by atoms with Crippen LogP contribution in [0.1, 0.15) is 16.7 Å². The monoisotopic (exact) mass is 281 g/mol. The van der Waals surface area contributed by atoms with Crippen LogP contribution >= 0.6 is 22.7 Å². The van der Waals surface area contributed by atoms with E-state index < -0.39 is 5.60 Å². The highest BCUT2D eigenvalue weighted by atomic mass is 32.1. The van der Waals surface area contributed by atoms with Gasteiger partial charge in [-0.15, -0.1) is 22.7 Å². The third-order valence-corrected chi connectivity index (χ3v) is 4.60. The van der Waals surface area contributed by atoms with Crippen molar-refractivity contribution in [3.05, 3.63) is 44.8 Å². The average Bonchev–Trinajstić information content (AvgIpc) is 2.99. The Hall–Kier alpha value is -1.17. The van der Waals surface area contributed by atoms with Gasteiger partial charge in [-0.25, -0.2) is 0 Å². The van der Waals surface area contributed by atoms with Gasteiger partial charge in [-0.1, -0.05) is 12.1 Å². The summed E-state index contributed by atoms with van der Waals surface area (Å²) in [5.74, 6) is -0.0609. The molecule has 2 N–H and O–H groups in total. The average molecular weight is 281 g/mol. The first-order valence-electron chi connectivity index (χ1n) is 5.63. The first-order chi connectivity index (χ1) is 8.58. The quantitative estimate of drug-likeness (QED) is 0.884. The number of hydrogen-bond donors (Lipinski definition) is 2. The molecule has 0 spiro atoms. The van der Waals surface area contributed by atoms with Crippen molar-refractivity contribution < 1.29 is 9.90 Å². The van der Waals surface area contributed by atoms with Crippen molar-refractivity contribution in [2.45, 2.75) is 18.9 Å². The van der Waals surface area contributed by atoms with Crippen molar-refractivity contribution in [2.75, 3.05) is 6.54 Å². The van der Waals surface area contributed by atoms with Crippen LogP contribution in [0.15, 0.2) is 35.0 Å². The van der Waals surface area contributed by atoms with E-state index in [2.05, 4.69) is 5.32 Å². The topological polar surface area (TPSA) is 49.3 Å². The van der Waals surface area contributed by atoms with E-state index in [0.29, 0.717) is 6.42 Å². The molecule has 1 atom stereocenters. The minimum absolute atomic E-state index is 0.0609. The number of rotatable bonds is 5. The zero-order valence-corrected chi connectivity index (χ0v) is 11.7. The van der Waals surface area contributed by atoms with Gasteiger partial charge in [0.25, 0.3) is 0 Å². The fourth-order valence-corrected chi connectivity index (χ4v) is 3.07. The molecule has 2 aromatic rings. The van der Waals surface area contributed by atoms with Crippen molar-refractivity contribution in [3.8, 4) is 0 Å². The fraction of sp³-hybridized carbons (Fsp3) is 0.308. The highest BCUT2D eigenvalue weighted by molar-refractivity contribution is 7.10. The Morgan fingerprint density at radius 1 is 1.33 bits per heavy atom. The molecule has 96 valence electrons. The Balaban J connectivity index is 1.86. The molecule has 0 aliphatic carbocycles. The first kappa shape index (κ1) is 13.3. The highest BCUT2D eigenvalue weighted by Crippen LogP contribution is 2.24. The number of thiophene rings is 2. The van der Waals surface area contributed by atoms with Gasteiger partial charge >= 0.3 is 0 Å². The van der Waals surface area contributed by atoms with Crippen molar-refractivity contribution in [1.82, 2.24) is 5.32 Å². The van der Waals surface area contributed by atoms with Gasteiger partial charge < -0.3 is 10.4 Å². The standard InChI is InChI=1S/C13H15NO2S2/c1-13(16,11-5-3-7-18-11)9-14-12(15)8-10-4-2-6-17-10/h2-7,16H,8-9H2,1H3,(H,14,15). The van der Waals surface area contributed by atoms with E-state index in [4.69, 9.17) is 0 Å². The summed E-state index contributed by atoms with van der Waals surface area (Å²) in [5.41, 5.74) is -1.00. The van der Waals surface area contributed by atoms with Gasteiger partial charge in [0.1, 0.15) is 5.60 Å². The molecule has 0 saturated heterocycles. The zero-order chi connectivity index (χ0) is 13.0. The summed E-state index contributed by atoms with van der Waals surface area (Å²) < 4.78 is 0. The first-order valence-corrected chi connectivity index (χ1v) is 7.39. The lowest BCUT2D eigenvalue weighted by molar-refractivity contribution is -0.121. The number of amides is 1. The third-order valence-electron chi connectivity index (χ3n) is 2.60. The molecular weight excluding hydrogens is 266 g/mol. The summed E-state index contributed by atoms with van der Waals surface area (Å²) in [7, 11) is 0. The lowest BCUT2D eigenvalue weighted by atomic mass is 10.1. The Labute approximate surface area is 114 Å². The van der Waals surface area contributed by atoms with Crippen LogP contribution in [0.4, 0.5) is 0 Å². The molecule has 1 amide bonds. The van der Waals surface area contributed by atoms with Crippen LogP contribution in [0, 0.1) is 0 Å². The van der Waals surface area contributed by atoms with Gasteiger partial charge in [-0.05, 0) is 29.8 Å². The summed E-state index contributed by atoms with van der Waals surface area (Å²) in [4.78, 5) is 13.6. The van der Waals surface area contributed by atoms with E-state index in [1.807, 2.05) is 35.0 Å². The lowest BCUT2D eigenvalue weighted by Gasteiger charge is -2.22. The zero-order valence-electron chi connectivity index (χ0n) is 10.1. The second-order valence-electron chi connectivity index (χ2n) is 4.28. The van der Waals surface area contributed by atoms with Crippen LogP contribution < -0.4 is 5.32 Å². The maximum Gasteiger partial charge on any atom is 0.225 e. The molecule has 18 heavy (non-hydrogen) atoms. The SMILES string of the molecule is CC(O)(CNC(=O)Cc1cccs1)c1cccs1. The second-order valence-corrected chi connectivity index (χ2v) is 6.26. The van der Waals surface area contributed by atoms with Crippen LogP contribution in [-0.4, -0.2) is 17.6 Å². The van der Waals surface area contributed by atoms with E-state index in [1.54, 1.807) is 18.3 Å². The van der Waals surface area contributed by atoms with Gasteiger partial charge in [-0.3, -0.25) is 4.79 Å². The Bertz CT molecular complexity index is 489. The summed E-state index contributed by atoms with van der Waals surface area (Å²) in [5, 5.41) is 16.9. The molecule has 3 nitrogen and oxygen atoms in total. The molecule has 0 saturated carbocycles. The molecular formula is C13H15NO2S2. The lowest BCUT2D eigenvalue weighted by Crippen LogP contribution is -2.38. The molecule has 0 bridgehead atoms. The van der Waals surface area contributed by atoms with Gasteiger partial charge in [0.05, 0.1) is 13.0 Å². The van der Waals surface area contributed by atoms with E-state index >= 15 is 0 Å². The van der Waals surface area contributed by atoms with Crippen LogP contribution in [0.2, 0.25) is 0 Å². The normalized spacial score (nSPS) is 14.1. The molecule has 0 aliphatic heterocycles. The number of aliphatic hydroxyl groups is 1.